The summed E-state index contributed by atoms with van der Waals surface area (Å²) in [6.45, 7) is 0. The highest BCUT2D eigenvalue weighted by Crippen LogP contribution is 2.00. The van der Waals surface area contributed by atoms with Crippen molar-refractivity contribution < 1.29 is 0 Å². The average molecular weight is 124 g/mol. The maximum atomic E-state index is 5.23. The van der Waals surface area contributed by atoms with Crippen molar-refractivity contribution in [2.75, 3.05) is 18.1 Å². The van der Waals surface area contributed by atoms with E-state index in [1.54, 1.807) is 19.4 Å². The van der Waals surface area contributed by atoms with Gasteiger partial charge in [-0.25, -0.2) is 9.97 Å². The first-order valence-corrected chi connectivity index (χ1v) is 2.58. The zero-order chi connectivity index (χ0) is 6.69. The lowest BCUT2D eigenvalue weighted by molar-refractivity contribution is 1.18. The Morgan fingerprint density at radius 3 is 2.44 bits per heavy atom. The zero-order valence-corrected chi connectivity index (χ0v) is 5.13. The highest BCUT2D eigenvalue weighted by Gasteiger charge is 1.86. The van der Waals surface area contributed by atoms with Crippen LogP contribution in [0, 0.1) is 0 Å². The van der Waals surface area contributed by atoms with Crippen LogP contribution in [0.3, 0.4) is 0 Å². The van der Waals surface area contributed by atoms with E-state index in [0.29, 0.717) is 5.95 Å². The molecule has 1 rings (SSSR count). The molecule has 0 aromatic carbocycles. The second-order valence-corrected chi connectivity index (χ2v) is 1.58. The molecule has 0 radical (unpaired) electrons. The molecule has 0 fully saturated rings. The number of nitrogens with two attached hydrogens (primary N) is 1. The molecule has 1 aromatic rings. The van der Waals surface area contributed by atoms with Gasteiger partial charge in [-0.1, -0.05) is 0 Å². The monoisotopic (exact) mass is 124 g/mol. The third-order valence-electron chi connectivity index (χ3n) is 0.960. The van der Waals surface area contributed by atoms with Crippen LogP contribution in [0.15, 0.2) is 12.4 Å². The van der Waals surface area contributed by atoms with Crippen molar-refractivity contribution in [3.8, 4) is 0 Å². The molecule has 3 N–H and O–H groups in total. The maximum Gasteiger partial charge on any atom is 0.220 e. The number of anilines is 2. The number of hydrogen-bond donors (Lipinski definition) is 2. The highest BCUT2D eigenvalue weighted by molar-refractivity contribution is 5.38. The lowest BCUT2D eigenvalue weighted by Gasteiger charge is -1.95. The Morgan fingerprint density at radius 1 is 1.44 bits per heavy atom. The Hall–Kier alpha value is -1.32. The fraction of sp³-hybridized carbons (Fsp3) is 0.200. The van der Waals surface area contributed by atoms with Crippen molar-refractivity contribution in [2.24, 2.45) is 0 Å². The lowest BCUT2D eigenvalue weighted by atomic mass is 10.5. The van der Waals surface area contributed by atoms with Crippen LogP contribution in [0.1, 0.15) is 0 Å². The molecule has 0 saturated heterocycles. The number of hydrogen-bond acceptors (Lipinski definition) is 4. The minimum atomic E-state index is 0.300. The Kier molecular flexibility index (Phi) is 1.48. The molecule has 9 heavy (non-hydrogen) atoms. The quantitative estimate of drug-likeness (QED) is 0.557. The van der Waals surface area contributed by atoms with Crippen LogP contribution < -0.4 is 11.1 Å². The second kappa shape index (κ2) is 2.30. The molecular weight excluding hydrogens is 116 g/mol. The molecule has 1 aromatic heterocycles. The standard InChI is InChI=1S/C5H8N4/c1-7-4-2-8-5(6)9-3-4/h2-3,7H,1H3,(H2,6,8,9). The van der Waals surface area contributed by atoms with E-state index in [1.807, 2.05) is 0 Å². The molecule has 0 amide bonds. The number of nitrogens with zero attached hydrogens (tertiary/aromatic N) is 2. The van der Waals surface area contributed by atoms with E-state index in [1.165, 1.54) is 0 Å². The molecule has 4 nitrogen and oxygen atoms in total. The molecule has 0 bridgehead atoms. The van der Waals surface area contributed by atoms with Crippen molar-refractivity contribution in [3.63, 3.8) is 0 Å². The van der Waals surface area contributed by atoms with E-state index in [0.717, 1.165) is 5.69 Å². The van der Waals surface area contributed by atoms with E-state index >= 15 is 0 Å². The fourth-order valence-electron chi connectivity index (χ4n) is 0.467. The fourth-order valence-corrected chi connectivity index (χ4v) is 0.467. The molecule has 0 atom stereocenters. The Bertz CT molecular complexity index is 181. The summed E-state index contributed by atoms with van der Waals surface area (Å²) in [5, 5.41) is 2.87. The summed E-state index contributed by atoms with van der Waals surface area (Å²) in [7, 11) is 1.80. The van der Waals surface area contributed by atoms with E-state index in [4.69, 9.17) is 5.73 Å². The van der Waals surface area contributed by atoms with E-state index in [2.05, 4.69) is 15.3 Å². The second-order valence-electron chi connectivity index (χ2n) is 1.58. The topological polar surface area (TPSA) is 63.8 Å². The molecule has 0 aliphatic heterocycles. The van der Waals surface area contributed by atoms with Crippen LogP contribution >= 0.6 is 0 Å². The van der Waals surface area contributed by atoms with Crippen molar-refractivity contribution in [2.45, 2.75) is 0 Å². The summed E-state index contributed by atoms with van der Waals surface area (Å²) in [4.78, 5) is 7.51. The van der Waals surface area contributed by atoms with E-state index in [9.17, 15) is 0 Å². The van der Waals surface area contributed by atoms with Gasteiger partial charge in [0.25, 0.3) is 0 Å². The summed E-state index contributed by atoms with van der Waals surface area (Å²) in [6, 6.07) is 0. The van der Waals surface area contributed by atoms with Crippen LogP contribution in [0.5, 0.6) is 0 Å². The molecule has 0 aliphatic rings. The SMILES string of the molecule is CNc1cnc(N)nc1. The summed E-state index contributed by atoms with van der Waals surface area (Å²) in [6.07, 6.45) is 3.25. The van der Waals surface area contributed by atoms with Gasteiger partial charge in [0.05, 0.1) is 18.1 Å². The number of rotatable bonds is 1. The summed E-state index contributed by atoms with van der Waals surface area (Å²) in [5.74, 6) is 0.300. The number of nitrogens with one attached hydrogen (secondary N) is 1. The zero-order valence-electron chi connectivity index (χ0n) is 5.13. The molecular formula is C5H8N4. The molecule has 0 saturated carbocycles. The van der Waals surface area contributed by atoms with Crippen molar-refractivity contribution in [1.82, 2.24) is 9.97 Å². The van der Waals surface area contributed by atoms with Gasteiger partial charge < -0.3 is 11.1 Å². The minimum absolute atomic E-state index is 0.300. The smallest absolute Gasteiger partial charge is 0.220 e. The Labute approximate surface area is 53.1 Å². The average Bonchev–Trinajstić information content (AvgIpc) is 1.90. The van der Waals surface area contributed by atoms with Crippen molar-refractivity contribution in [3.05, 3.63) is 12.4 Å². The van der Waals surface area contributed by atoms with Crippen LogP contribution in [0.4, 0.5) is 11.6 Å². The van der Waals surface area contributed by atoms with Gasteiger partial charge in [-0.15, -0.1) is 0 Å². The third-order valence-corrected chi connectivity index (χ3v) is 0.960. The molecule has 0 unspecified atom stereocenters. The van der Waals surface area contributed by atoms with E-state index in [-0.39, 0.29) is 0 Å². The third kappa shape index (κ3) is 1.28. The Balaban J connectivity index is 2.88. The predicted octanol–water partition coefficient (Wildman–Crippen LogP) is 0.100. The first kappa shape index (κ1) is 5.81. The van der Waals surface area contributed by atoms with Gasteiger partial charge in [-0.2, -0.15) is 0 Å². The van der Waals surface area contributed by atoms with Crippen molar-refractivity contribution >= 4 is 11.6 Å². The van der Waals surface area contributed by atoms with Crippen molar-refractivity contribution in [1.29, 1.82) is 0 Å². The number of aromatic nitrogens is 2. The van der Waals surface area contributed by atoms with Gasteiger partial charge in [0.1, 0.15) is 0 Å². The lowest BCUT2D eigenvalue weighted by Crippen LogP contribution is -1.95. The summed E-state index contributed by atoms with van der Waals surface area (Å²) < 4.78 is 0. The van der Waals surface area contributed by atoms with E-state index < -0.39 is 0 Å². The largest absolute Gasteiger partial charge is 0.386 e. The predicted molar refractivity (Wildman–Crippen MR) is 36.0 cm³/mol. The van der Waals surface area contributed by atoms with Crippen LogP contribution in [-0.4, -0.2) is 17.0 Å². The van der Waals surface area contributed by atoms with Gasteiger partial charge >= 0.3 is 0 Å². The first-order valence-electron chi connectivity index (χ1n) is 2.58. The summed E-state index contributed by atoms with van der Waals surface area (Å²) in [5.41, 5.74) is 6.10. The van der Waals surface area contributed by atoms with Gasteiger partial charge in [-0.3, -0.25) is 0 Å². The molecule has 48 valence electrons. The van der Waals surface area contributed by atoms with Gasteiger partial charge in [0, 0.05) is 7.05 Å². The molecule has 4 heteroatoms. The van der Waals surface area contributed by atoms with Crippen LogP contribution in [0.2, 0.25) is 0 Å². The highest BCUT2D eigenvalue weighted by atomic mass is 15.0. The van der Waals surface area contributed by atoms with Gasteiger partial charge in [-0.05, 0) is 0 Å². The van der Waals surface area contributed by atoms with Crippen LogP contribution in [0.25, 0.3) is 0 Å². The molecule has 1 heterocycles. The number of nitrogen functional groups attached to an aromatic ring is 1. The normalized spacial score (nSPS) is 9.00. The Morgan fingerprint density at radius 2 is 2.00 bits per heavy atom. The minimum Gasteiger partial charge on any atom is -0.386 e. The van der Waals surface area contributed by atoms with Crippen LogP contribution in [-0.2, 0) is 0 Å². The van der Waals surface area contributed by atoms with Gasteiger partial charge in [0.15, 0.2) is 0 Å². The maximum absolute atomic E-state index is 5.23. The first-order chi connectivity index (χ1) is 4.33. The summed E-state index contributed by atoms with van der Waals surface area (Å²) >= 11 is 0. The molecule has 0 aliphatic carbocycles. The molecule has 0 spiro atoms. The van der Waals surface area contributed by atoms with Gasteiger partial charge in [0.2, 0.25) is 5.95 Å².